The number of aliphatic hydroxyl groups is 2. The van der Waals surface area contributed by atoms with Crippen LogP contribution in [0.15, 0.2) is 0 Å². The number of esters is 1. The third kappa shape index (κ3) is 7.19. The smallest absolute Gasteiger partial charge is 0.308 e. The molecule has 1 fully saturated rings. The molecule has 20 heavy (non-hydrogen) atoms. The van der Waals surface area contributed by atoms with Gasteiger partial charge in [-0.15, -0.1) is 0 Å². The molecule has 0 amide bonds. The number of rotatable bonds is 7. The van der Waals surface area contributed by atoms with Gasteiger partial charge in [-0.2, -0.15) is 0 Å². The van der Waals surface area contributed by atoms with Crippen molar-refractivity contribution in [2.75, 3.05) is 45.9 Å². The molecule has 1 aliphatic heterocycles. The molecule has 0 bridgehead atoms. The highest BCUT2D eigenvalue weighted by Crippen LogP contribution is 2.09. The molecule has 6 nitrogen and oxygen atoms in total. The Labute approximate surface area is 121 Å². The van der Waals surface area contributed by atoms with Gasteiger partial charge in [-0.05, 0) is 20.8 Å². The fraction of sp³-hybridized carbons (Fsp3) is 0.929. The van der Waals surface area contributed by atoms with Gasteiger partial charge in [0, 0.05) is 39.3 Å². The maximum Gasteiger partial charge on any atom is 0.308 e. The maximum atomic E-state index is 11.3. The molecular formula is C14H28N2O4. The predicted octanol–water partition coefficient (Wildman–Crippen LogP) is -0.311. The van der Waals surface area contributed by atoms with Crippen molar-refractivity contribution in [1.29, 1.82) is 0 Å². The molecule has 0 aromatic carbocycles. The summed E-state index contributed by atoms with van der Waals surface area (Å²) >= 11 is 0. The zero-order valence-corrected chi connectivity index (χ0v) is 12.8. The number of hydrogen-bond donors (Lipinski definition) is 2. The van der Waals surface area contributed by atoms with Crippen LogP contribution in [-0.2, 0) is 9.53 Å². The van der Waals surface area contributed by atoms with Gasteiger partial charge in [-0.25, -0.2) is 0 Å². The van der Waals surface area contributed by atoms with Crippen molar-refractivity contribution >= 4 is 5.97 Å². The molecule has 1 rings (SSSR count). The first kappa shape index (κ1) is 17.4. The lowest BCUT2D eigenvalue weighted by Crippen LogP contribution is -2.51. The van der Waals surface area contributed by atoms with Crippen LogP contribution in [0.25, 0.3) is 0 Å². The fourth-order valence-electron chi connectivity index (χ4n) is 2.45. The summed E-state index contributed by atoms with van der Waals surface area (Å²) in [6, 6.07) is 0. The minimum Gasteiger partial charge on any atom is -0.466 e. The quantitative estimate of drug-likeness (QED) is 0.626. The molecule has 1 atom stereocenters. The molecular weight excluding hydrogens is 260 g/mol. The number of nitrogens with zero attached hydrogens (tertiary/aromatic N) is 2. The summed E-state index contributed by atoms with van der Waals surface area (Å²) in [4.78, 5) is 15.6. The van der Waals surface area contributed by atoms with E-state index in [1.54, 1.807) is 6.92 Å². The molecule has 1 unspecified atom stereocenters. The van der Waals surface area contributed by atoms with Gasteiger partial charge < -0.3 is 14.9 Å². The van der Waals surface area contributed by atoms with Gasteiger partial charge in [0.05, 0.1) is 24.7 Å². The van der Waals surface area contributed by atoms with E-state index >= 15 is 0 Å². The summed E-state index contributed by atoms with van der Waals surface area (Å²) in [7, 11) is 0. The van der Waals surface area contributed by atoms with Crippen molar-refractivity contribution in [3.63, 3.8) is 0 Å². The van der Waals surface area contributed by atoms with Crippen molar-refractivity contribution in [2.45, 2.75) is 38.9 Å². The lowest BCUT2D eigenvalue weighted by Gasteiger charge is -2.37. The van der Waals surface area contributed by atoms with E-state index in [2.05, 4.69) is 9.80 Å². The molecule has 0 radical (unpaired) electrons. The number of carbonyl (C=O) groups is 1. The van der Waals surface area contributed by atoms with Crippen LogP contribution < -0.4 is 0 Å². The van der Waals surface area contributed by atoms with Gasteiger partial charge in [-0.1, -0.05) is 0 Å². The van der Waals surface area contributed by atoms with Crippen molar-refractivity contribution in [2.24, 2.45) is 0 Å². The monoisotopic (exact) mass is 288 g/mol. The molecule has 1 saturated heterocycles. The van der Waals surface area contributed by atoms with Crippen molar-refractivity contribution in [3.05, 3.63) is 0 Å². The maximum absolute atomic E-state index is 11.3. The van der Waals surface area contributed by atoms with Crippen LogP contribution in [0.1, 0.15) is 27.2 Å². The largest absolute Gasteiger partial charge is 0.466 e. The first-order valence-electron chi connectivity index (χ1n) is 7.31. The normalized spacial score (nSPS) is 19.9. The Kier molecular flexibility index (Phi) is 6.88. The standard InChI is InChI=1S/C14H28N2O4/c1-4-20-13(18)9-12(17)10-15-5-7-16(8-6-15)11-14(2,3)19/h12,17,19H,4-11H2,1-3H3. The second kappa shape index (κ2) is 7.93. The van der Waals surface area contributed by atoms with Crippen LogP contribution in [-0.4, -0.2) is 83.6 Å². The second-order valence-corrected chi connectivity index (χ2v) is 6.05. The van der Waals surface area contributed by atoms with Crippen molar-refractivity contribution in [3.8, 4) is 0 Å². The number of hydrogen-bond acceptors (Lipinski definition) is 6. The summed E-state index contributed by atoms with van der Waals surface area (Å²) in [5.74, 6) is -0.347. The van der Waals surface area contributed by atoms with Crippen molar-refractivity contribution in [1.82, 2.24) is 9.80 Å². The average molecular weight is 288 g/mol. The second-order valence-electron chi connectivity index (χ2n) is 6.05. The van der Waals surface area contributed by atoms with Crippen LogP contribution in [0.5, 0.6) is 0 Å². The first-order chi connectivity index (χ1) is 9.30. The Hall–Kier alpha value is -0.690. The number of carbonyl (C=O) groups excluding carboxylic acids is 1. The van der Waals surface area contributed by atoms with E-state index < -0.39 is 11.7 Å². The molecule has 0 saturated carbocycles. The molecule has 0 aliphatic carbocycles. The Bertz CT molecular complexity index is 296. The zero-order valence-electron chi connectivity index (χ0n) is 12.8. The average Bonchev–Trinajstić information content (AvgIpc) is 2.30. The van der Waals surface area contributed by atoms with Crippen LogP contribution in [0, 0.1) is 0 Å². The van der Waals surface area contributed by atoms with E-state index in [0.717, 1.165) is 26.2 Å². The highest BCUT2D eigenvalue weighted by molar-refractivity contribution is 5.69. The molecule has 0 aromatic heterocycles. The van der Waals surface area contributed by atoms with Gasteiger partial charge in [0.1, 0.15) is 0 Å². The third-order valence-corrected chi connectivity index (χ3v) is 3.25. The molecule has 2 N–H and O–H groups in total. The number of β-amino-alcohol motifs (C(OH)–C–C–N with tert-alkyl or cyclic N) is 2. The molecule has 6 heteroatoms. The third-order valence-electron chi connectivity index (χ3n) is 3.25. The SMILES string of the molecule is CCOC(=O)CC(O)CN1CCN(CC(C)(C)O)CC1. The van der Waals surface area contributed by atoms with Crippen LogP contribution in [0.3, 0.4) is 0 Å². The lowest BCUT2D eigenvalue weighted by molar-refractivity contribution is -0.145. The van der Waals surface area contributed by atoms with E-state index in [-0.39, 0.29) is 12.4 Å². The van der Waals surface area contributed by atoms with E-state index in [4.69, 9.17) is 4.74 Å². The summed E-state index contributed by atoms with van der Waals surface area (Å²) in [5, 5.41) is 19.6. The lowest BCUT2D eigenvalue weighted by atomic mass is 10.1. The molecule has 1 heterocycles. The van der Waals surface area contributed by atoms with Gasteiger partial charge in [0.15, 0.2) is 0 Å². The van der Waals surface area contributed by atoms with E-state index in [1.165, 1.54) is 0 Å². The van der Waals surface area contributed by atoms with Crippen molar-refractivity contribution < 1.29 is 19.7 Å². The number of ether oxygens (including phenoxy) is 1. The molecule has 1 aliphatic rings. The summed E-state index contributed by atoms with van der Waals surface area (Å²) in [5.41, 5.74) is -0.675. The first-order valence-corrected chi connectivity index (χ1v) is 7.31. The van der Waals surface area contributed by atoms with Crippen LogP contribution in [0.4, 0.5) is 0 Å². The Morgan fingerprint density at radius 2 is 1.80 bits per heavy atom. The summed E-state index contributed by atoms with van der Waals surface area (Å²) in [6.45, 7) is 10.3. The van der Waals surface area contributed by atoms with Gasteiger partial charge >= 0.3 is 5.97 Å². The van der Waals surface area contributed by atoms with Gasteiger partial charge in [0.2, 0.25) is 0 Å². The number of aliphatic hydroxyl groups excluding tert-OH is 1. The minimum absolute atomic E-state index is 0.0533. The minimum atomic E-state index is -0.675. The Morgan fingerprint density at radius 1 is 1.25 bits per heavy atom. The molecule has 0 spiro atoms. The zero-order chi connectivity index (χ0) is 15.2. The fourth-order valence-corrected chi connectivity index (χ4v) is 2.45. The van der Waals surface area contributed by atoms with E-state index in [9.17, 15) is 15.0 Å². The van der Waals surface area contributed by atoms with Crippen LogP contribution >= 0.6 is 0 Å². The molecule has 0 aromatic rings. The molecule has 118 valence electrons. The predicted molar refractivity (Wildman–Crippen MR) is 76.4 cm³/mol. The summed E-state index contributed by atoms with van der Waals surface area (Å²) in [6.07, 6.45) is -0.618. The van der Waals surface area contributed by atoms with E-state index in [1.807, 2.05) is 13.8 Å². The number of piperazine rings is 1. The highest BCUT2D eigenvalue weighted by atomic mass is 16.5. The van der Waals surface area contributed by atoms with E-state index in [0.29, 0.717) is 19.7 Å². The van der Waals surface area contributed by atoms with Crippen LogP contribution in [0.2, 0.25) is 0 Å². The van der Waals surface area contributed by atoms with Gasteiger partial charge in [-0.3, -0.25) is 14.6 Å². The highest BCUT2D eigenvalue weighted by Gasteiger charge is 2.24. The Balaban J connectivity index is 2.23. The topological polar surface area (TPSA) is 73.2 Å². The Morgan fingerprint density at radius 3 is 2.30 bits per heavy atom. The van der Waals surface area contributed by atoms with Gasteiger partial charge in [0.25, 0.3) is 0 Å². The summed E-state index contributed by atoms with van der Waals surface area (Å²) < 4.78 is 4.82.